The first-order valence-corrected chi connectivity index (χ1v) is 14.5. The molecule has 1 aromatic rings. The molecule has 1 aromatic carbocycles. The van der Waals surface area contributed by atoms with Crippen LogP contribution in [0.4, 0.5) is 0 Å². The van der Waals surface area contributed by atoms with E-state index in [0.29, 0.717) is 36.8 Å². The van der Waals surface area contributed by atoms with Crippen molar-refractivity contribution in [2.24, 2.45) is 11.3 Å². The molecule has 0 saturated carbocycles. The number of carboxylic acid groups (broad SMARTS) is 1. The number of amides is 1. The zero-order chi connectivity index (χ0) is 29.4. The highest BCUT2D eigenvalue weighted by Gasteiger charge is 2.49. The number of nitrogens with zero attached hydrogens (tertiary/aromatic N) is 3. The summed E-state index contributed by atoms with van der Waals surface area (Å²) in [6.07, 6.45) is 7.61. The quantitative estimate of drug-likeness (QED) is 0.315. The number of aliphatic carboxylic acids is 1. The number of hydrogen-bond donors (Lipinski definition) is 1. The minimum absolute atomic E-state index is 0.0640. The number of benzene rings is 1. The Morgan fingerprint density at radius 3 is 2.52 bits per heavy atom. The molecule has 3 atom stereocenters. The lowest BCUT2D eigenvalue weighted by molar-refractivity contribution is -0.144. The standard InChI is InChI=1S/C31H49N3O6/c1-8-10-14-33(15-11-13-32(5)6)27(35)20-34-19-23(22-16-25(38-7)29-26(17-22)39-21-40-29)28(30(36)37)24(34)18-31(3,4)12-9-2/h9,12,16-17,23-24,28H,8,10-11,13-15,18-21H2,1-7H3,(H,36,37)/b12-9+. The van der Waals surface area contributed by atoms with Crippen molar-refractivity contribution < 1.29 is 28.9 Å². The second kappa shape index (κ2) is 14.2. The number of likely N-dealkylation sites (tertiary alicyclic amines) is 1. The third-order valence-electron chi connectivity index (χ3n) is 8.00. The smallest absolute Gasteiger partial charge is 0.308 e. The summed E-state index contributed by atoms with van der Waals surface area (Å²) in [4.78, 5) is 32.9. The molecule has 1 saturated heterocycles. The highest BCUT2D eigenvalue weighted by molar-refractivity contribution is 5.79. The first-order chi connectivity index (χ1) is 19.0. The molecule has 224 valence electrons. The van der Waals surface area contributed by atoms with Crippen molar-refractivity contribution in [1.29, 1.82) is 0 Å². The van der Waals surface area contributed by atoms with Gasteiger partial charge in [0.2, 0.25) is 18.4 Å². The van der Waals surface area contributed by atoms with E-state index >= 15 is 0 Å². The summed E-state index contributed by atoms with van der Waals surface area (Å²) in [5, 5.41) is 10.6. The van der Waals surface area contributed by atoms with Gasteiger partial charge in [-0.05, 0) is 69.9 Å². The number of ether oxygens (including phenoxy) is 3. The Kier molecular flexibility index (Phi) is 11.3. The topological polar surface area (TPSA) is 91.8 Å². The van der Waals surface area contributed by atoms with Crippen LogP contribution in [0.25, 0.3) is 0 Å². The van der Waals surface area contributed by atoms with E-state index in [4.69, 9.17) is 14.2 Å². The third-order valence-corrected chi connectivity index (χ3v) is 8.00. The molecule has 1 amide bonds. The number of unbranched alkanes of at least 4 members (excludes halogenated alkanes) is 1. The van der Waals surface area contributed by atoms with E-state index in [-0.39, 0.29) is 36.6 Å². The largest absolute Gasteiger partial charge is 0.493 e. The molecule has 2 heterocycles. The highest BCUT2D eigenvalue weighted by Crippen LogP contribution is 2.48. The summed E-state index contributed by atoms with van der Waals surface area (Å²) in [6, 6.07) is 3.42. The fourth-order valence-corrected chi connectivity index (χ4v) is 6.07. The van der Waals surface area contributed by atoms with Crippen molar-refractivity contribution in [3.05, 3.63) is 29.8 Å². The van der Waals surface area contributed by atoms with Crippen LogP contribution in [0.3, 0.4) is 0 Å². The molecule has 0 spiro atoms. The number of hydrogen-bond acceptors (Lipinski definition) is 7. The van der Waals surface area contributed by atoms with Crippen LogP contribution < -0.4 is 14.2 Å². The number of fused-ring (bicyclic) bond motifs is 1. The van der Waals surface area contributed by atoms with Gasteiger partial charge in [0.05, 0.1) is 19.6 Å². The van der Waals surface area contributed by atoms with Gasteiger partial charge in [0.1, 0.15) is 0 Å². The second-order valence-electron chi connectivity index (χ2n) is 12.0. The van der Waals surface area contributed by atoms with Crippen molar-refractivity contribution in [3.8, 4) is 17.2 Å². The number of rotatable bonds is 15. The summed E-state index contributed by atoms with van der Waals surface area (Å²) >= 11 is 0. The van der Waals surface area contributed by atoms with E-state index in [9.17, 15) is 14.7 Å². The van der Waals surface area contributed by atoms with Crippen LogP contribution in [0, 0.1) is 11.3 Å². The maximum Gasteiger partial charge on any atom is 0.308 e. The van der Waals surface area contributed by atoms with E-state index in [0.717, 1.165) is 37.9 Å². The summed E-state index contributed by atoms with van der Waals surface area (Å²) < 4.78 is 16.8. The predicted octanol–water partition coefficient (Wildman–Crippen LogP) is 4.47. The minimum atomic E-state index is -0.855. The van der Waals surface area contributed by atoms with E-state index in [1.165, 1.54) is 0 Å². The first-order valence-electron chi connectivity index (χ1n) is 14.5. The van der Waals surface area contributed by atoms with Gasteiger partial charge in [-0.3, -0.25) is 14.5 Å². The van der Waals surface area contributed by atoms with E-state index in [1.54, 1.807) is 7.11 Å². The van der Waals surface area contributed by atoms with E-state index < -0.39 is 11.9 Å². The van der Waals surface area contributed by atoms with Gasteiger partial charge in [-0.2, -0.15) is 0 Å². The SMILES string of the molecule is C/C=C/C(C)(C)CC1C(C(=O)O)C(c2cc(OC)c3c(c2)OCO3)CN1CC(=O)N(CCCC)CCCN(C)C. The highest BCUT2D eigenvalue weighted by atomic mass is 16.7. The lowest BCUT2D eigenvalue weighted by atomic mass is 9.77. The van der Waals surface area contributed by atoms with Crippen LogP contribution >= 0.6 is 0 Å². The molecule has 40 heavy (non-hydrogen) atoms. The van der Waals surface area contributed by atoms with E-state index in [1.807, 2.05) is 44.1 Å². The van der Waals surface area contributed by atoms with Gasteiger partial charge in [-0.15, -0.1) is 0 Å². The van der Waals surface area contributed by atoms with Crippen LogP contribution in [-0.2, 0) is 9.59 Å². The van der Waals surface area contributed by atoms with Gasteiger partial charge < -0.3 is 29.1 Å². The van der Waals surface area contributed by atoms with Crippen molar-refractivity contribution in [2.45, 2.75) is 65.3 Å². The maximum absolute atomic E-state index is 13.7. The average molecular weight is 560 g/mol. The molecule has 9 heteroatoms. The van der Waals surface area contributed by atoms with Crippen molar-refractivity contribution >= 4 is 11.9 Å². The Morgan fingerprint density at radius 1 is 1.18 bits per heavy atom. The minimum Gasteiger partial charge on any atom is -0.493 e. The van der Waals surface area contributed by atoms with Gasteiger partial charge in [0.15, 0.2) is 11.5 Å². The number of carboxylic acids is 1. The molecule has 1 N–H and O–H groups in total. The van der Waals surface area contributed by atoms with Crippen molar-refractivity contribution in [3.63, 3.8) is 0 Å². The molecule has 0 radical (unpaired) electrons. The predicted molar refractivity (Wildman–Crippen MR) is 156 cm³/mol. The molecule has 0 aromatic heterocycles. The maximum atomic E-state index is 13.7. The Hall–Kier alpha value is -2.78. The van der Waals surface area contributed by atoms with Crippen LogP contribution in [0.2, 0.25) is 0 Å². The zero-order valence-corrected chi connectivity index (χ0v) is 25.4. The van der Waals surface area contributed by atoms with Crippen LogP contribution in [-0.4, -0.2) is 98.4 Å². The van der Waals surface area contributed by atoms with Gasteiger partial charge in [0, 0.05) is 31.6 Å². The van der Waals surface area contributed by atoms with Crippen LogP contribution in [0.15, 0.2) is 24.3 Å². The molecule has 0 bridgehead atoms. The Labute approximate surface area is 240 Å². The van der Waals surface area contributed by atoms with Gasteiger partial charge in [-0.1, -0.05) is 39.3 Å². The molecule has 3 rings (SSSR count). The zero-order valence-electron chi connectivity index (χ0n) is 25.4. The number of allylic oxidation sites excluding steroid dienone is 2. The lowest BCUT2D eigenvalue weighted by Gasteiger charge is -2.34. The molecule has 3 unspecified atom stereocenters. The normalized spacial score (nSPS) is 20.9. The Morgan fingerprint density at radius 2 is 1.90 bits per heavy atom. The Balaban J connectivity index is 1.95. The van der Waals surface area contributed by atoms with Gasteiger partial charge >= 0.3 is 5.97 Å². The second-order valence-corrected chi connectivity index (χ2v) is 12.0. The number of methoxy groups -OCH3 is 1. The first kappa shape index (κ1) is 31.7. The average Bonchev–Trinajstić information content (AvgIpc) is 3.49. The number of carbonyl (C=O) groups excluding carboxylic acids is 1. The van der Waals surface area contributed by atoms with Crippen molar-refractivity contribution in [2.75, 3.05) is 60.7 Å². The molecule has 9 nitrogen and oxygen atoms in total. The fraction of sp³-hybridized carbons (Fsp3) is 0.677. The van der Waals surface area contributed by atoms with Gasteiger partial charge in [-0.25, -0.2) is 0 Å². The molecule has 0 aliphatic carbocycles. The summed E-state index contributed by atoms with van der Waals surface area (Å²) in [6.45, 7) is 11.4. The molecule has 2 aliphatic heterocycles. The molecular formula is C31H49N3O6. The number of carbonyl (C=O) groups is 2. The van der Waals surface area contributed by atoms with Crippen LogP contribution in [0.5, 0.6) is 17.2 Å². The molecule has 2 aliphatic rings. The summed E-state index contributed by atoms with van der Waals surface area (Å²) in [5.41, 5.74) is 0.592. The Bertz CT molecular complexity index is 1040. The summed E-state index contributed by atoms with van der Waals surface area (Å²) in [5.74, 6) is -0.191. The van der Waals surface area contributed by atoms with E-state index in [2.05, 4.69) is 36.6 Å². The van der Waals surface area contributed by atoms with Crippen molar-refractivity contribution in [1.82, 2.24) is 14.7 Å². The van der Waals surface area contributed by atoms with Crippen LogP contribution in [0.1, 0.15) is 64.9 Å². The molecule has 1 fully saturated rings. The monoisotopic (exact) mass is 559 g/mol. The summed E-state index contributed by atoms with van der Waals surface area (Å²) in [7, 11) is 5.65. The van der Waals surface area contributed by atoms with Gasteiger partial charge in [0.25, 0.3) is 0 Å². The lowest BCUT2D eigenvalue weighted by Crippen LogP contribution is -2.46. The fourth-order valence-electron chi connectivity index (χ4n) is 6.07. The third kappa shape index (κ3) is 7.91. The molecular weight excluding hydrogens is 510 g/mol.